The summed E-state index contributed by atoms with van der Waals surface area (Å²) in [6.07, 6.45) is 1.47. The van der Waals surface area contributed by atoms with E-state index < -0.39 is 0 Å². The van der Waals surface area contributed by atoms with E-state index >= 15 is 0 Å². The van der Waals surface area contributed by atoms with E-state index in [1.54, 1.807) is 6.07 Å². The van der Waals surface area contributed by atoms with Crippen molar-refractivity contribution in [3.05, 3.63) is 64.5 Å². The van der Waals surface area contributed by atoms with Crippen LogP contribution in [0.1, 0.15) is 24.5 Å². The Morgan fingerprint density at radius 2 is 1.93 bits per heavy atom. The Kier molecular flexibility index (Phi) is 4.42. The summed E-state index contributed by atoms with van der Waals surface area (Å²) in [6.45, 7) is 1.89. The van der Waals surface area contributed by atoms with Gasteiger partial charge in [-0.2, -0.15) is 0 Å². The molecule has 0 aliphatic heterocycles. The van der Waals surface area contributed by atoms with Crippen molar-refractivity contribution in [1.82, 2.24) is 19.9 Å². The lowest BCUT2D eigenvalue weighted by Gasteiger charge is -2.06. The fourth-order valence-electron chi connectivity index (χ4n) is 3.11. The zero-order valence-electron chi connectivity index (χ0n) is 14.9. The molecule has 7 heteroatoms. The van der Waals surface area contributed by atoms with Crippen LogP contribution in [0, 0.1) is 6.92 Å². The number of para-hydroxylation sites is 1. The van der Waals surface area contributed by atoms with Gasteiger partial charge < -0.3 is 15.3 Å². The molecule has 0 bridgehead atoms. The Labute approximate surface area is 154 Å². The van der Waals surface area contributed by atoms with Crippen LogP contribution in [-0.4, -0.2) is 25.8 Å². The van der Waals surface area contributed by atoms with Crippen molar-refractivity contribution in [2.24, 2.45) is 0 Å². The molecular formula is C20H19N5O2. The van der Waals surface area contributed by atoms with E-state index in [0.717, 1.165) is 22.5 Å². The number of fused-ring (bicyclic) bond motifs is 2. The number of H-pyrrole nitrogens is 2. The Hall–Kier alpha value is -3.48. The fraction of sp³-hybridized carbons (Fsp3) is 0.200. The summed E-state index contributed by atoms with van der Waals surface area (Å²) >= 11 is 0. The molecule has 0 fully saturated rings. The van der Waals surface area contributed by atoms with E-state index in [-0.39, 0.29) is 11.5 Å². The average molecular weight is 361 g/mol. The SMILES string of the molecule is Cc1nc2ccc(NC(=O)CCCc3nc4ccccc4c(=O)[nH]3)cc2[nH]1. The van der Waals surface area contributed by atoms with Crippen molar-refractivity contribution < 1.29 is 4.79 Å². The highest BCUT2D eigenvalue weighted by molar-refractivity contribution is 5.93. The minimum Gasteiger partial charge on any atom is -0.342 e. The van der Waals surface area contributed by atoms with Crippen molar-refractivity contribution in [1.29, 1.82) is 0 Å². The van der Waals surface area contributed by atoms with Crippen LogP contribution in [0.5, 0.6) is 0 Å². The average Bonchev–Trinajstić information content (AvgIpc) is 3.01. The van der Waals surface area contributed by atoms with Gasteiger partial charge >= 0.3 is 0 Å². The first-order valence-corrected chi connectivity index (χ1v) is 8.83. The molecule has 0 aliphatic rings. The second kappa shape index (κ2) is 7.03. The Balaban J connectivity index is 1.37. The van der Waals surface area contributed by atoms with Gasteiger partial charge in [0.1, 0.15) is 11.6 Å². The Morgan fingerprint density at radius 1 is 1.07 bits per heavy atom. The third-order valence-electron chi connectivity index (χ3n) is 4.36. The molecule has 1 amide bonds. The third-order valence-corrected chi connectivity index (χ3v) is 4.36. The molecule has 2 aromatic heterocycles. The van der Waals surface area contributed by atoms with Gasteiger partial charge in [-0.15, -0.1) is 0 Å². The van der Waals surface area contributed by atoms with Crippen molar-refractivity contribution >= 4 is 33.5 Å². The summed E-state index contributed by atoms with van der Waals surface area (Å²) in [5.41, 5.74) is 3.01. The molecule has 7 nitrogen and oxygen atoms in total. The van der Waals surface area contributed by atoms with Crippen LogP contribution < -0.4 is 10.9 Å². The van der Waals surface area contributed by atoms with E-state index in [1.807, 2.05) is 43.3 Å². The summed E-state index contributed by atoms with van der Waals surface area (Å²) in [6, 6.07) is 12.8. The predicted octanol–water partition coefficient (Wildman–Crippen LogP) is 3.07. The van der Waals surface area contributed by atoms with Gasteiger partial charge in [0.05, 0.1) is 21.9 Å². The first-order valence-electron chi connectivity index (χ1n) is 8.83. The molecule has 136 valence electrons. The molecule has 0 atom stereocenters. The number of hydrogen-bond donors (Lipinski definition) is 3. The van der Waals surface area contributed by atoms with Crippen molar-refractivity contribution in [3.8, 4) is 0 Å². The summed E-state index contributed by atoms with van der Waals surface area (Å²) in [7, 11) is 0. The zero-order valence-corrected chi connectivity index (χ0v) is 14.9. The quantitative estimate of drug-likeness (QED) is 0.508. The Bertz CT molecular complexity index is 1190. The fourth-order valence-corrected chi connectivity index (χ4v) is 3.11. The summed E-state index contributed by atoms with van der Waals surface area (Å²) in [5, 5.41) is 3.46. The molecular weight excluding hydrogens is 342 g/mol. The number of carbonyl (C=O) groups excluding carboxylic acids is 1. The number of rotatable bonds is 5. The molecule has 3 N–H and O–H groups in total. The van der Waals surface area contributed by atoms with Crippen molar-refractivity contribution in [2.45, 2.75) is 26.2 Å². The molecule has 0 saturated heterocycles. The number of amides is 1. The predicted molar refractivity (Wildman–Crippen MR) is 105 cm³/mol. The van der Waals surface area contributed by atoms with Crippen molar-refractivity contribution in [2.75, 3.05) is 5.32 Å². The van der Waals surface area contributed by atoms with Crippen LogP contribution in [0.15, 0.2) is 47.3 Å². The van der Waals surface area contributed by atoms with Crippen molar-refractivity contribution in [3.63, 3.8) is 0 Å². The molecule has 0 radical (unpaired) electrons. The highest BCUT2D eigenvalue weighted by Crippen LogP contribution is 2.17. The first kappa shape index (κ1) is 17.0. The maximum Gasteiger partial charge on any atom is 0.258 e. The van der Waals surface area contributed by atoms with Gasteiger partial charge in [-0.05, 0) is 43.7 Å². The summed E-state index contributed by atoms with van der Waals surface area (Å²) in [5.74, 6) is 1.36. The maximum atomic E-state index is 12.2. The van der Waals surface area contributed by atoms with Gasteiger partial charge in [0.15, 0.2) is 0 Å². The van der Waals surface area contributed by atoms with E-state index in [2.05, 4.69) is 25.3 Å². The number of aryl methyl sites for hydroxylation is 2. The number of nitrogens with one attached hydrogen (secondary N) is 3. The Morgan fingerprint density at radius 3 is 2.81 bits per heavy atom. The topological polar surface area (TPSA) is 104 Å². The normalized spacial score (nSPS) is 11.1. The van der Waals surface area contributed by atoms with Crippen LogP contribution in [0.2, 0.25) is 0 Å². The number of aromatic amines is 2. The van der Waals surface area contributed by atoms with Gasteiger partial charge in [0.25, 0.3) is 5.56 Å². The molecule has 0 aliphatic carbocycles. The van der Waals surface area contributed by atoms with E-state index in [9.17, 15) is 9.59 Å². The lowest BCUT2D eigenvalue weighted by atomic mass is 10.2. The molecule has 4 rings (SSSR count). The van der Waals surface area contributed by atoms with Crippen LogP contribution in [0.25, 0.3) is 21.9 Å². The highest BCUT2D eigenvalue weighted by Gasteiger charge is 2.07. The number of anilines is 1. The minimum atomic E-state index is -0.150. The number of nitrogens with zero attached hydrogens (tertiary/aromatic N) is 2. The largest absolute Gasteiger partial charge is 0.342 e. The number of carbonyl (C=O) groups is 1. The van der Waals surface area contributed by atoms with Crippen LogP contribution >= 0.6 is 0 Å². The molecule has 0 spiro atoms. The van der Waals surface area contributed by atoms with E-state index in [0.29, 0.717) is 36.0 Å². The standard InChI is InChI=1S/C20H19N5O2/c1-12-21-16-10-9-13(11-17(16)22-12)23-19(26)8-4-7-18-24-15-6-3-2-5-14(15)20(27)25-18/h2-3,5-6,9-11H,4,7-8H2,1H3,(H,21,22)(H,23,26)(H,24,25,27). The molecule has 27 heavy (non-hydrogen) atoms. The lowest BCUT2D eigenvalue weighted by Crippen LogP contribution is -2.14. The van der Waals surface area contributed by atoms with Gasteiger partial charge in [-0.1, -0.05) is 12.1 Å². The minimum absolute atomic E-state index is 0.0753. The third kappa shape index (κ3) is 3.72. The van der Waals surface area contributed by atoms with Crippen LogP contribution in [0.3, 0.4) is 0 Å². The van der Waals surface area contributed by atoms with Gasteiger partial charge in [0.2, 0.25) is 5.91 Å². The summed E-state index contributed by atoms with van der Waals surface area (Å²) in [4.78, 5) is 39.0. The first-order chi connectivity index (χ1) is 13.1. The maximum absolute atomic E-state index is 12.2. The number of imidazole rings is 1. The number of benzene rings is 2. The van der Waals surface area contributed by atoms with Crippen LogP contribution in [0.4, 0.5) is 5.69 Å². The zero-order chi connectivity index (χ0) is 18.8. The number of aromatic nitrogens is 4. The molecule has 0 saturated carbocycles. The highest BCUT2D eigenvalue weighted by atomic mass is 16.1. The molecule has 2 aromatic carbocycles. The second-order valence-electron chi connectivity index (χ2n) is 6.49. The smallest absolute Gasteiger partial charge is 0.258 e. The lowest BCUT2D eigenvalue weighted by molar-refractivity contribution is -0.116. The van der Waals surface area contributed by atoms with Gasteiger partial charge in [-0.25, -0.2) is 9.97 Å². The van der Waals surface area contributed by atoms with Gasteiger partial charge in [0, 0.05) is 18.5 Å². The van der Waals surface area contributed by atoms with E-state index in [1.165, 1.54) is 0 Å². The molecule has 2 heterocycles. The van der Waals surface area contributed by atoms with Gasteiger partial charge in [-0.3, -0.25) is 9.59 Å². The number of hydrogen-bond acceptors (Lipinski definition) is 4. The van der Waals surface area contributed by atoms with Crippen LogP contribution in [-0.2, 0) is 11.2 Å². The van der Waals surface area contributed by atoms with E-state index in [4.69, 9.17) is 0 Å². The molecule has 0 unspecified atom stereocenters. The monoisotopic (exact) mass is 361 g/mol. The molecule has 4 aromatic rings. The summed E-state index contributed by atoms with van der Waals surface area (Å²) < 4.78 is 0. The second-order valence-corrected chi connectivity index (χ2v) is 6.49.